The number of ether oxygens (including phenoxy) is 1. The van der Waals surface area contributed by atoms with Crippen LogP contribution in [-0.4, -0.2) is 29.1 Å². The number of nitrogens with one attached hydrogen (secondary N) is 1. The van der Waals surface area contributed by atoms with Crippen LogP contribution in [0.1, 0.15) is 11.1 Å². The molecule has 0 radical (unpaired) electrons. The summed E-state index contributed by atoms with van der Waals surface area (Å²) in [6, 6.07) is 1.91. The lowest BCUT2D eigenvalue weighted by molar-refractivity contribution is -0.136. The smallest absolute Gasteiger partial charge is 0.322 e. The second kappa shape index (κ2) is 7.01. The summed E-state index contributed by atoms with van der Waals surface area (Å²) in [6.45, 7) is -3.23. The first-order chi connectivity index (χ1) is 10.8. The Morgan fingerprint density at radius 3 is 2.74 bits per heavy atom. The SMILES string of the molecule is O=c1ccnc2c(C(F)(F)F)cc(CNCCOC(F)F)cn12. The van der Waals surface area contributed by atoms with E-state index in [4.69, 9.17) is 0 Å². The van der Waals surface area contributed by atoms with Crippen molar-refractivity contribution in [2.45, 2.75) is 19.3 Å². The Kier molecular flexibility index (Phi) is 5.26. The van der Waals surface area contributed by atoms with Crippen LogP contribution in [0.3, 0.4) is 0 Å². The zero-order valence-corrected chi connectivity index (χ0v) is 11.6. The predicted molar refractivity (Wildman–Crippen MR) is 70.1 cm³/mol. The Hall–Kier alpha value is -2.07. The van der Waals surface area contributed by atoms with Gasteiger partial charge in [0.2, 0.25) is 0 Å². The molecule has 0 amide bonds. The second-order valence-electron chi connectivity index (χ2n) is 4.54. The first-order valence-corrected chi connectivity index (χ1v) is 6.47. The predicted octanol–water partition coefficient (Wildman–Crippen LogP) is 2.04. The molecular formula is C13H12F5N3O2. The summed E-state index contributed by atoms with van der Waals surface area (Å²) in [5.41, 5.74) is -2.02. The van der Waals surface area contributed by atoms with E-state index >= 15 is 0 Å². The van der Waals surface area contributed by atoms with E-state index in [1.165, 1.54) is 6.20 Å². The summed E-state index contributed by atoms with van der Waals surface area (Å²) in [6.07, 6.45) is -2.45. The number of fused-ring (bicyclic) bond motifs is 1. The van der Waals surface area contributed by atoms with E-state index in [0.29, 0.717) is 0 Å². The molecule has 0 bridgehead atoms. The molecule has 0 saturated heterocycles. The first-order valence-electron chi connectivity index (χ1n) is 6.47. The maximum atomic E-state index is 13.1. The van der Waals surface area contributed by atoms with E-state index in [1.807, 2.05) is 0 Å². The van der Waals surface area contributed by atoms with Crippen LogP contribution < -0.4 is 10.9 Å². The van der Waals surface area contributed by atoms with Crippen LogP contribution in [0, 0.1) is 0 Å². The molecule has 0 atom stereocenters. The van der Waals surface area contributed by atoms with Gasteiger partial charge in [-0.2, -0.15) is 22.0 Å². The average molecular weight is 337 g/mol. The van der Waals surface area contributed by atoms with Gasteiger partial charge in [-0.1, -0.05) is 0 Å². The van der Waals surface area contributed by atoms with Gasteiger partial charge in [0, 0.05) is 31.5 Å². The molecule has 0 aromatic carbocycles. The lowest BCUT2D eigenvalue weighted by atomic mass is 10.1. The molecule has 0 aliphatic heterocycles. The van der Waals surface area contributed by atoms with Crippen LogP contribution in [0.4, 0.5) is 22.0 Å². The highest BCUT2D eigenvalue weighted by molar-refractivity contribution is 5.50. The van der Waals surface area contributed by atoms with Crippen molar-refractivity contribution in [1.29, 1.82) is 0 Å². The Bertz CT molecular complexity index is 730. The van der Waals surface area contributed by atoms with Crippen LogP contribution in [0.15, 0.2) is 29.3 Å². The largest absolute Gasteiger partial charge is 0.419 e. The van der Waals surface area contributed by atoms with Crippen molar-refractivity contribution in [3.05, 3.63) is 46.0 Å². The van der Waals surface area contributed by atoms with Crippen molar-refractivity contribution in [2.75, 3.05) is 13.2 Å². The monoisotopic (exact) mass is 337 g/mol. The highest BCUT2D eigenvalue weighted by Gasteiger charge is 2.34. The van der Waals surface area contributed by atoms with Crippen LogP contribution in [0.25, 0.3) is 5.65 Å². The van der Waals surface area contributed by atoms with Crippen LogP contribution >= 0.6 is 0 Å². The molecule has 0 aliphatic carbocycles. The number of halogens is 5. The van der Waals surface area contributed by atoms with Crippen molar-refractivity contribution in [1.82, 2.24) is 14.7 Å². The topological polar surface area (TPSA) is 55.6 Å². The summed E-state index contributed by atoms with van der Waals surface area (Å²) < 4.78 is 67.6. The van der Waals surface area contributed by atoms with E-state index in [2.05, 4.69) is 15.0 Å². The first kappa shape index (κ1) is 17.3. The van der Waals surface area contributed by atoms with Crippen molar-refractivity contribution < 1.29 is 26.7 Å². The second-order valence-corrected chi connectivity index (χ2v) is 4.54. The molecule has 0 saturated carbocycles. The Morgan fingerprint density at radius 2 is 2.09 bits per heavy atom. The molecule has 0 fully saturated rings. The summed E-state index contributed by atoms with van der Waals surface area (Å²) in [4.78, 5) is 15.3. The molecule has 0 unspecified atom stereocenters. The minimum Gasteiger partial charge on any atom is -0.322 e. The standard InChI is InChI=1S/C13H12F5N3O2/c14-12(15)23-4-3-19-6-8-5-9(13(16,17)18)11-20-2-1-10(22)21(11)7-8/h1-2,5,7,12,19H,3-4,6H2. The van der Waals surface area contributed by atoms with Crippen molar-refractivity contribution in [2.24, 2.45) is 0 Å². The third-order valence-electron chi connectivity index (χ3n) is 2.90. The van der Waals surface area contributed by atoms with Gasteiger partial charge in [0.1, 0.15) is 0 Å². The third-order valence-corrected chi connectivity index (χ3v) is 2.90. The van der Waals surface area contributed by atoms with Crippen LogP contribution in [-0.2, 0) is 17.5 Å². The molecule has 126 valence electrons. The molecule has 23 heavy (non-hydrogen) atoms. The molecule has 2 aromatic heterocycles. The fourth-order valence-corrected chi connectivity index (χ4v) is 1.95. The van der Waals surface area contributed by atoms with Crippen molar-refractivity contribution >= 4 is 5.65 Å². The van der Waals surface area contributed by atoms with Crippen LogP contribution in [0.2, 0.25) is 0 Å². The molecule has 0 spiro atoms. The Balaban J connectivity index is 2.24. The summed E-state index contributed by atoms with van der Waals surface area (Å²) in [5.74, 6) is 0. The quantitative estimate of drug-likeness (QED) is 0.647. The van der Waals surface area contributed by atoms with Crippen molar-refractivity contribution in [3.8, 4) is 0 Å². The molecule has 5 nitrogen and oxygen atoms in total. The van der Waals surface area contributed by atoms with Gasteiger partial charge < -0.3 is 10.1 Å². The van der Waals surface area contributed by atoms with E-state index in [0.717, 1.165) is 22.7 Å². The minimum atomic E-state index is -4.68. The van der Waals surface area contributed by atoms with Gasteiger partial charge in [0.05, 0.1) is 12.2 Å². The van der Waals surface area contributed by atoms with Crippen molar-refractivity contribution in [3.63, 3.8) is 0 Å². The fourth-order valence-electron chi connectivity index (χ4n) is 1.95. The number of nitrogens with zero attached hydrogens (tertiary/aromatic N) is 2. The zero-order chi connectivity index (χ0) is 17.0. The normalized spacial score (nSPS) is 12.3. The zero-order valence-electron chi connectivity index (χ0n) is 11.6. The Labute approximate surface area is 126 Å². The lowest BCUT2D eigenvalue weighted by Gasteiger charge is -2.13. The average Bonchev–Trinajstić information content (AvgIpc) is 2.45. The van der Waals surface area contributed by atoms with Gasteiger partial charge in [-0.3, -0.25) is 9.20 Å². The van der Waals surface area contributed by atoms with Gasteiger partial charge in [0.25, 0.3) is 5.56 Å². The molecule has 2 aromatic rings. The number of hydrogen-bond donors (Lipinski definition) is 1. The van der Waals surface area contributed by atoms with E-state index in [1.54, 1.807) is 0 Å². The number of alkyl halides is 5. The molecule has 10 heteroatoms. The third kappa shape index (κ3) is 4.45. The summed E-state index contributed by atoms with van der Waals surface area (Å²) in [5, 5.41) is 2.66. The summed E-state index contributed by atoms with van der Waals surface area (Å²) in [7, 11) is 0. The lowest BCUT2D eigenvalue weighted by Crippen LogP contribution is -2.23. The summed E-state index contributed by atoms with van der Waals surface area (Å²) >= 11 is 0. The van der Waals surface area contributed by atoms with Crippen LogP contribution in [0.5, 0.6) is 0 Å². The van der Waals surface area contributed by atoms with E-state index in [-0.39, 0.29) is 25.3 Å². The number of aromatic nitrogens is 2. The molecule has 2 rings (SSSR count). The van der Waals surface area contributed by atoms with E-state index < -0.39 is 29.6 Å². The van der Waals surface area contributed by atoms with Gasteiger partial charge in [-0.15, -0.1) is 0 Å². The molecule has 1 N–H and O–H groups in total. The van der Waals surface area contributed by atoms with Gasteiger partial charge in [0.15, 0.2) is 5.65 Å². The maximum Gasteiger partial charge on any atom is 0.419 e. The van der Waals surface area contributed by atoms with Gasteiger partial charge >= 0.3 is 12.8 Å². The highest BCUT2D eigenvalue weighted by atomic mass is 19.4. The Morgan fingerprint density at radius 1 is 1.35 bits per heavy atom. The maximum absolute atomic E-state index is 13.1. The highest BCUT2D eigenvalue weighted by Crippen LogP contribution is 2.32. The van der Waals surface area contributed by atoms with E-state index in [9.17, 15) is 26.7 Å². The molecular weight excluding hydrogens is 325 g/mol. The minimum absolute atomic E-state index is 0.0195. The molecule has 0 aliphatic rings. The number of rotatable bonds is 6. The number of pyridine rings is 1. The van der Waals surface area contributed by atoms with Gasteiger partial charge in [-0.25, -0.2) is 4.98 Å². The molecule has 2 heterocycles. The van der Waals surface area contributed by atoms with Gasteiger partial charge in [-0.05, 0) is 11.6 Å². The number of hydrogen-bond acceptors (Lipinski definition) is 4. The fraction of sp³-hybridized carbons (Fsp3) is 0.385.